The van der Waals surface area contributed by atoms with Crippen molar-refractivity contribution in [2.75, 3.05) is 13.2 Å². The Morgan fingerprint density at radius 1 is 0.304 bits per heavy atom. The number of hydrogen-bond acceptors (Lipinski definition) is 6. The molecule has 0 aromatic carbocycles. The highest BCUT2D eigenvalue weighted by Gasteiger charge is 2.19. The van der Waals surface area contributed by atoms with E-state index in [0.717, 1.165) is 103 Å². The second kappa shape index (κ2) is 57.4. The number of esters is 3. The van der Waals surface area contributed by atoms with Crippen LogP contribution in [0.25, 0.3) is 0 Å². The topological polar surface area (TPSA) is 78.9 Å². The molecule has 69 heavy (non-hydrogen) atoms. The molecule has 0 aliphatic heterocycles. The van der Waals surface area contributed by atoms with Gasteiger partial charge in [-0.05, 0) is 89.9 Å². The van der Waals surface area contributed by atoms with E-state index in [2.05, 4.69) is 93.7 Å². The first-order valence-corrected chi connectivity index (χ1v) is 29.4. The Balaban J connectivity index is 4.38. The minimum atomic E-state index is -0.792. The number of ether oxygens (including phenoxy) is 3. The Bertz CT molecular complexity index is 1290. The standard InChI is InChI=1S/C63H110O6/c1-4-7-10-13-16-19-22-25-27-29-30-31-32-34-35-38-41-44-47-50-53-56-62(65)68-59-60(58-67-61(64)55-52-49-46-43-40-37-24-21-18-15-12-9-6-3)69-63(66)57-54-51-48-45-42-39-36-33-28-26-23-20-17-14-11-8-5-2/h9,12,18,21-22,25,29-30,32,34,37,40,60H,4-8,10-11,13-17,19-20,23-24,26-28,31,33,35-36,38-39,41-59H2,1-3H3/b12-9-,21-18-,25-22-,30-29-,34-32-,40-37-. The molecule has 0 spiro atoms. The fourth-order valence-corrected chi connectivity index (χ4v) is 8.29. The molecule has 0 rings (SSSR count). The molecule has 0 aliphatic rings. The Morgan fingerprint density at radius 3 is 0.899 bits per heavy atom. The lowest BCUT2D eigenvalue weighted by Gasteiger charge is -2.18. The van der Waals surface area contributed by atoms with Crippen LogP contribution in [0.4, 0.5) is 0 Å². The van der Waals surface area contributed by atoms with Gasteiger partial charge in [0.2, 0.25) is 0 Å². The first-order valence-electron chi connectivity index (χ1n) is 29.4. The lowest BCUT2D eigenvalue weighted by molar-refractivity contribution is -0.167. The van der Waals surface area contributed by atoms with Crippen LogP contribution in [0.3, 0.4) is 0 Å². The molecule has 0 bridgehead atoms. The normalized spacial score (nSPS) is 12.6. The van der Waals surface area contributed by atoms with Crippen molar-refractivity contribution in [1.82, 2.24) is 0 Å². The van der Waals surface area contributed by atoms with E-state index in [-0.39, 0.29) is 31.1 Å². The molecular weight excluding hydrogens is 853 g/mol. The average molecular weight is 964 g/mol. The molecule has 1 unspecified atom stereocenters. The van der Waals surface area contributed by atoms with E-state index in [4.69, 9.17) is 14.2 Å². The third-order valence-electron chi connectivity index (χ3n) is 12.7. The summed E-state index contributed by atoms with van der Waals surface area (Å²) in [6.45, 7) is 6.50. The molecule has 0 saturated heterocycles. The fourth-order valence-electron chi connectivity index (χ4n) is 8.29. The largest absolute Gasteiger partial charge is 0.462 e. The van der Waals surface area contributed by atoms with Gasteiger partial charge in [0.25, 0.3) is 0 Å². The molecule has 0 saturated carbocycles. The summed E-state index contributed by atoms with van der Waals surface area (Å²) in [7, 11) is 0. The van der Waals surface area contributed by atoms with Gasteiger partial charge in [-0.1, -0.05) is 254 Å². The summed E-state index contributed by atoms with van der Waals surface area (Å²) in [6, 6.07) is 0. The van der Waals surface area contributed by atoms with E-state index >= 15 is 0 Å². The van der Waals surface area contributed by atoms with Gasteiger partial charge in [-0.2, -0.15) is 0 Å². The van der Waals surface area contributed by atoms with E-state index in [1.165, 1.54) is 148 Å². The Hall–Kier alpha value is -3.15. The van der Waals surface area contributed by atoms with E-state index < -0.39 is 6.10 Å². The zero-order valence-electron chi connectivity index (χ0n) is 45.6. The number of carbonyl (C=O) groups excluding carboxylic acids is 3. The van der Waals surface area contributed by atoms with Gasteiger partial charge in [-0.3, -0.25) is 14.4 Å². The first-order chi connectivity index (χ1) is 34.0. The summed E-state index contributed by atoms with van der Waals surface area (Å²) in [4.78, 5) is 38.2. The van der Waals surface area contributed by atoms with Crippen molar-refractivity contribution in [3.63, 3.8) is 0 Å². The third kappa shape index (κ3) is 55.6. The average Bonchev–Trinajstić information content (AvgIpc) is 3.35. The van der Waals surface area contributed by atoms with Crippen molar-refractivity contribution in [3.8, 4) is 0 Å². The summed E-state index contributed by atoms with van der Waals surface area (Å²) in [6.07, 6.45) is 73.2. The molecule has 6 nitrogen and oxygen atoms in total. The Kier molecular flexibility index (Phi) is 54.8. The molecule has 1 atom stereocenters. The molecule has 0 amide bonds. The maximum atomic E-state index is 12.9. The van der Waals surface area contributed by atoms with Crippen LogP contribution in [-0.4, -0.2) is 37.2 Å². The van der Waals surface area contributed by atoms with Gasteiger partial charge in [-0.25, -0.2) is 0 Å². The molecular formula is C63H110O6. The summed E-state index contributed by atoms with van der Waals surface area (Å²) in [5, 5.41) is 0. The zero-order chi connectivity index (χ0) is 50.0. The van der Waals surface area contributed by atoms with Crippen LogP contribution in [0, 0.1) is 0 Å². The Labute approximate surface area is 427 Å². The molecule has 0 radical (unpaired) electrons. The van der Waals surface area contributed by atoms with E-state index in [1.54, 1.807) is 0 Å². The quantitative estimate of drug-likeness (QED) is 0.0262. The Morgan fingerprint density at radius 2 is 0.565 bits per heavy atom. The lowest BCUT2D eigenvalue weighted by atomic mass is 10.0. The predicted molar refractivity (Wildman–Crippen MR) is 298 cm³/mol. The summed E-state index contributed by atoms with van der Waals surface area (Å²) in [5.41, 5.74) is 0. The van der Waals surface area contributed by atoms with Gasteiger partial charge in [0, 0.05) is 19.3 Å². The second-order valence-corrected chi connectivity index (χ2v) is 19.5. The van der Waals surface area contributed by atoms with Crippen LogP contribution < -0.4 is 0 Å². The van der Waals surface area contributed by atoms with Crippen molar-refractivity contribution in [2.24, 2.45) is 0 Å². The summed E-state index contributed by atoms with van der Waals surface area (Å²) < 4.78 is 16.8. The SMILES string of the molecule is CC/C=C\C/C=C\C/C=C\CCCCCC(=O)OCC(COC(=O)CCCCCCCC/C=C\C/C=C\C/C=C\CCCCCCC)OC(=O)CCCCCCCCCCCCCCCCCCC. The van der Waals surface area contributed by atoms with Crippen LogP contribution in [0.15, 0.2) is 72.9 Å². The van der Waals surface area contributed by atoms with Crippen molar-refractivity contribution in [2.45, 2.75) is 297 Å². The predicted octanol–water partition coefficient (Wildman–Crippen LogP) is 19.8. The molecule has 398 valence electrons. The molecule has 0 aliphatic carbocycles. The van der Waals surface area contributed by atoms with Crippen LogP contribution in [-0.2, 0) is 28.6 Å². The van der Waals surface area contributed by atoms with Gasteiger partial charge in [0.05, 0.1) is 0 Å². The van der Waals surface area contributed by atoms with Gasteiger partial charge in [-0.15, -0.1) is 0 Å². The zero-order valence-corrected chi connectivity index (χ0v) is 45.6. The van der Waals surface area contributed by atoms with E-state index in [1.807, 2.05) is 0 Å². The molecule has 0 aromatic heterocycles. The second-order valence-electron chi connectivity index (χ2n) is 19.5. The molecule has 0 aromatic rings. The monoisotopic (exact) mass is 963 g/mol. The molecule has 0 heterocycles. The number of hydrogen-bond donors (Lipinski definition) is 0. The smallest absolute Gasteiger partial charge is 0.306 e. The van der Waals surface area contributed by atoms with Crippen molar-refractivity contribution < 1.29 is 28.6 Å². The molecule has 6 heteroatoms. The van der Waals surface area contributed by atoms with Crippen LogP contribution in [0.2, 0.25) is 0 Å². The van der Waals surface area contributed by atoms with Gasteiger partial charge in [0.15, 0.2) is 6.10 Å². The molecule has 0 fully saturated rings. The highest BCUT2D eigenvalue weighted by molar-refractivity contribution is 5.71. The highest BCUT2D eigenvalue weighted by atomic mass is 16.6. The van der Waals surface area contributed by atoms with Gasteiger partial charge in [0.1, 0.15) is 13.2 Å². The van der Waals surface area contributed by atoms with Crippen LogP contribution in [0.5, 0.6) is 0 Å². The maximum absolute atomic E-state index is 12.9. The van der Waals surface area contributed by atoms with Crippen molar-refractivity contribution in [3.05, 3.63) is 72.9 Å². The van der Waals surface area contributed by atoms with Gasteiger partial charge < -0.3 is 14.2 Å². The summed E-state index contributed by atoms with van der Waals surface area (Å²) >= 11 is 0. The summed E-state index contributed by atoms with van der Waals surface area (Å²) in [5.74, 6) is -0.920. The van der Waals surface area contributed by atoms with E-state index in [0.29, 0.717) is 19.3 Å². The van der Waals surface area contributed by atoms with Crippen molar-refractivity contribution in [1.29, 1.82) is 0 Å². The number of carbonyl (C=O) groups is 3. The first kappa shape index (κ1) is 65.8. The van der Waals surface area contributed by atoms with Gasteiger partial charge >= 0.3 is 17.9 Å². The number of unbranched alkanes of at least 4 members (excludes halogenated alkanes) is 30. The minimum Gasteiger partial charge on any atom is -0.462 e. The van der Waals surface area contributed by atoms with Crippen LogP contribution >= 0.6 is 0 Å². The van der Waals surface area contributed by atoms with Crippen molar-refractivity contribution >= 4 is 17.9 Å². The van der Waals surface area contributed by atoms with E-state index in [9.17, 15) is 14.4 Å². The highest BCUT2D eigenvalue weighted by Crippen LogP contribution is 2.16. The number of rotatable bonds is 53. The fraction of sp³-hybridized carbons (Fsp3) is 0.762. The lowest BCUT2D eigenvalue weighted by Crippen LogP contribution is -2.30. The third-order valence-corrected chi connectivity index (χ3v) is 12.7. The maximum Gasteiger partial charge on any atom is 0.306 e. The molecule has 0 N–H and O–H groups in total. The van der Waals surface area contributed by atoms with Crippen LogP contribution in [0.1, 0.15) is 290 Å². The number of allylic oxidation sites excluding steroid dienone is 12. The minimum absolute atomic E-state index is 0.0898.